The summed E-state index contributed by atoms with van der Waals surface area (Å²) in [5.41, 5.74) is 0.882. The van der Waals surface area contributed by atoms with Crippen molar-refractivity contribution in [3.05, 3.63) is 21.7 Å². The maximum absolute atomic E-state index is 11.7. The molecule has 0 saturated carbocycles. The van der Waals surface area contributed by atoms with E-state index in [1.54, 1.807) is 0 Å². The van der Waals surface area contributed by atoms with Crippen molar-refractivity contribution in [2.24, 2.45) is 0 Å². The Bertz CT molecular complexity index is 626. The summed E-state index contributed by atoms with van der Waals surface area (Å²) in [5.74, 6) is -1.93. The normalized spacial score (nSPS) is 14.2. The zero-order valence-electron chi connectivity index (χ0n) is 11.6. The van der Waals surface area contributed by atoms with Crippen LogP contribution in [0, 0.1) is 0 Å². The molecule has 3 amide bonds. The number of fused-ring (bicyclic) bond motifs is 1. The lowest BCUT2D eigenvalue weighted by Gasteiger charge is -2.06. The lowest BCUT2D eigenvalue weighted by molar-refractivity contribution is -0.133. The molecule has 2 rings (SSSR count). The Hall–Kier alpha value is -2.22. The number of nitrogens with one attached hydrogen (secondary N) is 2. The number of anilines is 1. The molecule has 0 unspecified atom stereocenters. The molecule has 0 fully saturated rings. The van der Waals surface area contributed by atoms with Crippen LogP contribution in [-0.2, 0) is 22.4 Å². The van der Waals surface area contributed by atoms with Crippen molar-refractivity contribution in [2.75, 3.05) is 5.32 Å². The number of aromatic nitrogens is 1. The summed E-state index contributed by atoms with van der Waals surface area (Å²) in [6.07, 6.45) is 2.96. The second-order valence-electron chi connectivity index (χ2n) is 4.71. The van der Waals surface area contributed by atoms with E-state index < -0.39 is 17.9 Å². The average Bonchev–Trinajstić information content (AvgIpc) is 2.97. The number of carboxylic acids is 1. The van der Waals surface area contributed by atoms with Gasteiger partial charge >= 0.3 is 12.0 Å². The van der Waals surface area contributed by atoms with Crippen LogP contribution in [0.2, 0.25) is 0 Å². The first-order valence-corrected chi connectivity index (χ1v) is 7.22. The van der Waals surface area contributed by atoms with Crippen molar-refractivity contribution < 1.29 is 19.5 Å². The number of nitrogens with zero attached hydrogens (tertiary/aromatic N) is 1. The van der Waals surface area contributed by atoms with Crippen LogP contribution in [0.25, 0.3) is 0 Å². The summed E-state index contributed by atoms with van der Waals surface area (Å²) >= 11 is 1.40. The number of carbonyl (C=O) groups excluding carboxylic acids is 2. The molecule has 0 bridgehead atoms. The number of thiazole rings is 1. The van der Waals surface area contributed by atoms with E-state index in [0.717, 1.165) is 29.8 Å². The van der Waals surface area contributed by atoms with E-state index in [1.807, 2.05) is 0 Å². The molecule has 1 aromatic rings. The maximum atomic E-state index is 11.7. The second-order valence-corrected chi connectivity index (χ2v) is 5.79. The van der Waals surface area contributed by atoms with E-state index >= 15 is 0 Å². The van der Waals surface area contributed by atoms with E-state index in [0.29, 0.717) is 5.13 Å². The van der Waals surface area contributed by atoms with Gasteiger partial charge in [0.25, 0.3) is 5.91 Å². The van der Waals surface area contributed by atoms with Gasteiger partial charge in [-0.25, -0.2) is 14.6 Å². The standard InChI is InChI=1S/C13H15N3O4S/c1-6(7(2)11(18)19)10(17)15-12(20)16-13-14-8-4-3-5-9(8)21-13/h3-5H2,1-2H3,(H,18,19)(H2,14,15,16,17,20). The summed E-state index contributed by atoms with van der Waals surface area (Å²) in [6, 6.07) is -0.718. The molecule has 0 radical (unpaired) electrons. The zero-order valence-corrected chi connectivity index (χ0v) is 12.5. The SMILES string of the molecule is CC(C(=O)O)=C(C)C(=O)NC(=O)Nc1nc2c(s1)CCC2. The molecule has 0 saturated heterocycles. The fraction of sp³-hybridized carbons (Fsp3) is 0.385. The summed E-state index contributed by atoms with van der Waals surface area (Å²) in [4.78, 5) is 39.6. The summed E-state index contributed by atoms with van der Waals surface area (Å²) < 4.78 is 0. The van der Waals surface area contributed by atoms with Crippen LogP contribution in [-0.4, -0.2) is 28.0 Å². The number of amides is 3. The molecule has 112 valence electrons. The number of carbonyl (C=O) groups is 3. The Morgan fingerprint density at radius 1 is 1.19 bits per heavy atom. The molecule has 0 atom stereocenters. The third-order valence-corrected chi connectivity index (χ3v) is 4.34. The largest absolute Gasteiger partial charge is 0.478 e. The van der Waals surface area contributed by atoms with E-state index in [1.165, 1.54) is 25.2 Å². The molecule has 21 heavy (non-hydrogen) atoms. The van der Waals surface area contributed by atoms with Gasteiger partial charge in [-0.3, -0.25) is 15.4 Å². The van der Waals surface area contributed by atoms with Gasteiger partial charge in [0.15, 0.2) is 5.13 Å². The number of aryl methyl sites for hydroxylation is 2. The van der Waals surface area contributed by atoms with Crippen molar-refractivity contribution in [3.63, 3.8) is 0 Å². The van der Waals surface area contributed by atoms with Crippen LogP contribution in [0.15, 0.2) is 11.1 Å². The van der Waals surface area contributed by atoms with Crippen LogP contribution in [0.5, 0.6) is 0 Å². The van der Waals surface area contributed by atoms with Gasteiger partial charge in [0.1, 0.15) is 0 Å². The average molecular weight is 309 g/mol. The smallest absolute Gasteiger partial charge is 0.331 e. The molecule has 0 spiro atoms. The van der Waals surface area contributed by atoms with E-state index in [2.05, 4.69) is 15.6 Å². The zero-order chi connectivity index (χ0) is 15.6. The van der Waals surface area contributed by atoms with Crippen LogP contribution >= 0.6 is 11.3 Å². The highest BCUT2D eigenvalue weighted by atomic mass is 32.1. The van der Waals surface area contributed by atoms with Crippen molar-refractivity contribution >= 4 is 34.4 Å². The molecule has 1 aliphatic carbocycles. The number of aliphatic carboxylic acids is 1. The third kappa shape index (κ3) is 3.46. The number of imide groups is 1. The number of urea groups is 1. The number of hydrogen-bond acceptors (Lipinski definition) is 5. The molecule has 7 nitrogen and oxygen atoms in total. The first-order valence-electron chi connectivity index (χ1n) is 6.40. The lowest BCUT2D eigenvalue weighted by Crippen LogP contribution is -2.35. The van der Waals surface area contributed by atoms with Crippen molar-refractivity contribution in [1.29, 1.82) is 0 Å². The van der Waals surface area contributed by atoms with Gasteiger partial charge in [-0.15, -0.1) is 11.3 Å². The Morgan fingerprint density at radius 3 is 2.52 bits per heavy atom. The molecular formula is C13H15N3O4S. The third-order valence-electron chi connectivity index (χ3n) is 3.27. The van der Waals surface area contributed by atoms with Crippen molar-refractivity contribution in [2.45, 2.75) is 33.1 Å². The summed E-state index contributed by atoms with van der Waals surface area (Å²) in [7, 11) is 0. The first-order chi connectivity index (χ1) is 9.88. The Kier molecular flexibility index (Phi) is 4.37. The molecule has 0 aliphatic heterocycles. The van der Waals surface area contributed by atoms with Gasteiger partial charge in [-0.05, 0) is 33.1 Å². The van der Waals surface area contributed by atoms with Gasteiger partial charge in [-0.2, -0.15) is 0 Å². The summed E-state index contributed by atoms with van der Waals surface area (Å²) in [6.45, 7) is 2.66. The molecule has 1 aliphatic rings. The highest BCUT2D eigenvalue weighted by molar-refractivity contribution is 7.15. The first kappa shape index (κ1) is 15.2. The molecular weight excluding hydrogens is 294 g/mol. The highest BCUT2D eigenvalue weighted by Gasteiger charge is 2.19. The molecule has 1 heterocycles. The lowest BCUT2D eigenvalue weighted by atomic mass is 10.1. The second kappa shape index (κ2) is 6.04. The van der Waals surface area contributed by atoms with Gasteiger partial charge < -0.3 is 5.11 Å². The Morgan fingerprint density at radius 2 is 1.90 bits per heavy atom. The Balaban J connectivity index is 1.96. The van der Waals surface area contributed by atoms with Crippen LogP contribution < -0.4 is 10.6 Å². The molecule has 8 heteroatoms. The van der Waals surface area contributed by atoms with Crippen LogP contribution in [0.3, 0.4) is 0 Å². The van der Waals surface area contributed by atoms with E-state index in [4.69, 9.17) is 5.11 Å². The number of rotatable bonds is 3. The molecule has 1 aromatic heterocycles. The minimum absolute atomic E-state index is 0.0146. The minimum atomic E-state index is -1.19. The van der Waals surface area contributed by atoms with Crippen molar-refractivity contribution in [3.8, 4) is 0 Å². The van der Waals surface area contributed by atoms with Crippen LogP contribution in [0.1, 0.15) is 30.8 Å². The maximum Gasteiger partial charge on any atom is 0.331 e. The topological polar surface area (TPSA) is 108 Å². The molecule has 0 aromatic carbocycles. The van der Waals surface area contributed by atoms with Crippen LogP contribution in [0.4, 0.5) is 9.93 Å². The summed E-state index contributed by atoms with van der Waals surface area (Å²) in [5, 5.41) is 13.8. The predicted molar refractivity (Wildman–Crippen MR) is 77.3 cm³/mol. The van der Waals surface area contributed by atoms with Gasteiger partial charge in [0.05, 0.1) is 5.69 Å². The predicted octanol–water partition coefficient (Wildman–Crippen LogP) is 1.70. The van der Waals surface area contributed by atoms with Gasteiger partial charge in [-0.1, -0.05) is 0 Å². The monoisotopic (exact) mass is 309 g/mol. The minimum Gasteiger partial charge on any atom is -0.478 e. The van der Waals surface area contributed by atoms with Gasteiger partial charge in [0.2, 0.25) is 0 Å². The number of carboxylic acid groups (broad SMARTS) is 1. The fourth-order valence-electron chi connectivity index (χ4n) is 1.90. The van der Waals surface area contributed by atoms with Crippen molar-refractivity contribution in [1.82, 2.24) is 10.3 Å². The molecule has 3 N–H and O–H groups in total. The van der Waals surface area contributed by atoms with E-state index in [-0.39, 0.29) is 11.1 Å². The number of hydrogen-bond donors (Lipinski definition) is 3. The quantitative estimate of drug-likeness (QED) is 0.736. The highest BCUT2D eigenvalue weighted by Crippen LogP contribution is 2.30. The van der Waals surface area contributed by atoms with Gasteiger partial charge in [0, 0.05) is 16.0 Å². The van der Waals surface area contributed by atoms with E-state index in [9.17, 15) is 14.4 Å². The fourth-order valence-corrected chi connectivity index (χ4v) is 2.94. The Labute approximate surface area is 125 Å².